The Bertz CT molecular complexity index is 605. The number of nitrogens with zero attached hydrogens (tertiary/aromatic N) is 2. The van der Waals surface area contributed by atoms with Crippen molar-refractivity contribution in [1.82, 2.24) is 9.80 Å². The first-order valence-electron chi connectivity index (χ1n) is 10.5. The van der Waals surface area contributed by atoms with Crippen LogP contribution < -0.4 is 4.74 Å². The molecule has 0 amide bonds. The third-order valence-corrected chi connectivity index (χ3v) is 5.34. The van der Waals surface area contributed by atoms with Gasteiger partial charge in [-0.3, -0.25) is 9.69 Å². The highest BCUT2D eigenvalue weighted by molar-refractivity contribution is 5.70. The quantitative estimate of drug-likeness (QED) is 0.636. The van der Waals surface area contributed by atoms with Gasteiger partial charge in [0.05, 0.1) is 18.6 Å². The fraction of sp³-hybridized carbons (Fsp3) is 0.682. The van der Waals surface area contributed by atoms with E-state index in [-0.39, 0.29) is 24.3 Å². The average molecular weight is 391 g/mol. The molecule has 0 saturated carbocycles. The number of ether oxygens (including phenoxy) is 3. The monoisotopic (exact) mass is 390 g/mol. The number of piperazine rings is 1. The topological polar surface area (TPSA) is 51.2 Å². The highest BCUT2D eigenvalue weighted by atomic mass is 16.5. The molecule has 0 aliphatic carbocycles. The van der Waals surface area contributed by atoms with Gasteiger partial charge in [0.15, 0.2) is 0 Å². The normalized spacial score (nSPS) is 22.4. The first-order chi connectivity index (χ1) is 13.5. The van der Waals surface area contributed by atoms with Crippen LogP contribution in [0.3, 0.4) is 0 Å². The Morgan fingerprint density at radius 2 is 1.89 bits per heavy atom. The summed E-state index contributed by atoms with van der Waals surface area (Å²) in [6.07, 6.45) is 2.19. The summed E-state index contributed by atoms with van der Waals surface area (Å²) in [5, 5.41) is 0. The Kier molecular flexibility index (Phi) is 7.71. The molecule has 0 spiro atoms. The Hall–Kier alpha value is -1.63. The molecule has 28 heavy (non-hydrogen) atoms. The van der Waals surface area contributed by atoms with Gasteiger partial charge in [0.1, 0.15) is 11.9 Å². The van der Waals surface area contributed by atoms with Gasteiger partial charge in [0, 0.05) is 39.3 Å². The predicted octanol–water partition coefficient (Wildman–Crippen LogP) is 2.87. The van der Waals surface area contributed by atoms with Gasteiger partial charge in [-0.1, -0.05) is 12.1 Å². The number of benzene rings is 1. The maximum atomic E-state index is 12.5. The standard InChI is InChI=1S/C22H34N2O4/c1-17(2)27-19-8-6-18(7-9-19)21(16-24-12-10-23(3)11-13-24)28-22(25)15-20-5-4-14-26-20/h6-9,17,20-21H,4-5,10-16H2,1-3H3. The molecule has 2 heterocycles. The molecule has 2 aliphatic heterocycles. The smallest absolute Gasteiger partial charge is 0.309 e. The fourth-order valence-electron chi connectivity index (χ4n) is 3.71. The number of hydrogen-bond acceptors (Lipinski definition) is 6. The maximum absolute atomic E-state index is 12.5. The maximum Gasteiger partial charge on any atom is 0.309 e. The van der Waals surface area contributed by atoms with Crippen molar-refractivity contribution < 1.29 is 19.0 Å². The number of carbonyl (C=O) groups excluding carboxylic acids is 1. The van der Waals surface area contributed by atoms with Crippen LogP contribution in [-0.2, 0) is 14.3 Å². The van der Waals surface area contributed by atoms with Crippen LogP contribution in [0.15, 0.2) is 24.3 Å². The molecule has 0 bridgehead atoms. The molecular weight excluding hydrogens is 356 g/mol. The summed E-state index contributed by atoms with van der Waals surface area (Å²) in [5.74, 6) is 0.663. The summed E-state index contributed by atoms with van der Waals surface area (Å²) in [6.45, 7) is 9.55. The largest absolute Gasteiger partial charge is 0.491 e. The van der Waals surface area contributed by atoms with Crippen molar-refractivity contribution in [3.05, 3.63) is 29.8 Å². The fourth-order valence-corrected chi connectivity index (χ4v) is 3.71. The van der Waals surface area contributed by atoms with Gasteiger partial charge in [0.25, 0.3) is 0 Å². The van der Waals surface area contributed by atoms with Gasteiger partial charge >= 0.3 is 5.97 Å². The van der Waals surface area contributed by atoms with Crippen molar-refractivity contribution in [3.8, 4) is 5.75 Å². The van der Waals surface area contributed by atoms with Gasteiger partial charge < -0.3 is 19.1 Å². The number of rotatable bonds is 8. The van der Waals surface area contributed by atoms with Gasteiger partial charge in [-0.25, -0.2) is 0 Å². The molecule has 2 unspecified atom stereocenters. The van der Waals surface area contributed by atoms with Gasteiger partial charge in [-0.2, -0.15) is 0 Å². The minimum atomic E-state index is -0.273. The molecule has 1 aromatic carbocycles. The highest BCUT2D eigenvalue weighted by Crippen LogP contribution is 2.25. The molecule has 2 saturated heterocycles. The Balaban J connectivity index is 1.65. The molecular formula is C22H34N2O4. The molecule has 3 rings (SSSR count). The minimum absolute atomic E-state index is 0.0126. The first-order valence-corrected chi connectivity index (χ1v) is 10.5. The summed E-state index contributed by atoms with van der Waals surface area (Å²) in [6, 6.07) is 7.94. The number of carbonyl (C=O) groups is 1. The number of likely N-dealkylation sites (N-methyl/N-ethyl adjacent to an activating group) is 1. The van der Waals surface area contributed by atoms with Crippen molar-refractivity contribution in [2.45, 2.75) is 51.4 Å². The van der Waals surface area contributed by atoms with Crippen LogP contribution in [0.4, 0.5) is 0 Å². The van der Waals surface area contributed by atoms with Crippen LogP contribution in [0, 0.1) is 0 Å². The minimum Gasteiger partial charge on any atom is -0.491 e. The molecule has 1 aromatic rings. The molecule has 6 heteroatoms. The zero-order valence-corrected chi connectivity index (χ0v) is 17.4. The van der Waals surface area contributed by atoms with E-state index in [9.17, 15) is 4.79 Å². The SMILES string of the molecule is CC(C)Oc1ccc(C(CN2CCN(C)CC2)OC(=O)CC2CCCO2)cc1. The van der Waals surface area contributed by atoms with E-state index in [4.69, 9.17) is 14.2 Å². The second-order valence-corrected chi connectivity index (χ2v) is 8.16. The average Bonchev–Trinajstić information content (AvgIpc) is 3.16. The Labute approximate surface area is 168 Å². The highest BCUT2D eigenvalue weighted by Gasteiger charge is 2.26. The summed E-state index contributed by atoms with van der Waals surface area (Å²) < 4.78 is 17.3. The van der Waals surface area contributed by atoms with Crippen molar-refractivity contribution in [3.63, 3.8) is 0 Å². The molecule has 2 fully saturated rings. The summed E-state index contributed by atoms with van der Waals surface area (Å²) in [7, 11) is 2.14. The van der Waals surface area contributed by atoms with Crippen molar-refractivity contribution >= 4 is 5.97 Å². The molecule has 6 nitrogen and oxygen atoms in total. The van der Waals surface area contributed by atoms with E-state index in [1.165, 1.54) is 0 Å². The molecule has 2 aliphatic rings. The van der Waals surface area contributed by atoms with Crippen LogP contribution >= 0.6 is 0 Å². The molecule has 0 radical (unpaired) electrons. The lowest BCUT2D eigenvalue weighted by Crippen LogP contribution is -2.46. The van der Waals surface area contributed by atoms with Crippen LogP contribution in [0.1, 0.15) is 44.8 Å². The summed E-state index contributed by atoms with van der Waals surface area (Å²) >= 11 is 0. The van der Waals surface area contributed by atoms with Gasteiger partial charge in [-0.15, -0.1) is 0 Å². The first kappa shape index (κ1) is 21.1. The second-order valence-electron chi connectivity index (χ2n) is 8.16. The van der Waals surface area contributed by atoms with E-state index >= 15 is 0 Å². The lowest BCUT2D eigenvalue weighted by molar-refractivity contribution is -0.153. The third-order valence-electron chi connectivity index (χ3n) is 5.34. The second kappa shape index (κ2) is 10.2. The van der Waals surface area contributed by atoms with E-state index < -0.39 is 0 Å². The lowest BCUT2D eigenvalue weighted by atomic mass is 10.1. The molecule has 0 aromatic heterocycles. The number of hydrogen-bond donors (Lipinski definition) is 0. The summed E-state index contributed by atoms with van der Waals surface area (Å²) in [4.78, 5) is 17.2. The van der Waals surface area contributed by atoms with Crippen LogP contribution in [0.5, 0.6) is 5.75 Å². The predicted molar refractivity (Wildman–Crippen MR) is 109 cm³/mol. The van der Waals surface area contributed by atoms with Crippen LogP contribution in [-0.4, -0.2) is 74.4 Å². The zero-order valence-electron chi connectivity index (χ0n) is 17.4. The van der Waals surface area contributed by atoms with Crippen molar-refractivity contribution in [1.29, 1.82) is 0 Å². The third kappa shape index (κ3) is 6.47. The van der Waals surface area contributed by atoms with Crippen molar-refractivity contribution in [2.75, 3.05) is 46.4 Å². The van der Waals surface area contributed by atoms with Crippen LogP contribution in [0.2, 0.25) is 0 Å². The van der Waals surface area contributed by atoms with E-state index in [0.29, 0.717) is 6.42 Å². The molecule has 156 valence electrons. The van der Waals surface area contributed by atoms with Gasteiger partial charge in [-0.05, 0) is 51.4 Å². The summed E-state index contributed by atoms with van der Waals surface area (Å²) in [5.41, 5.74) is 1.01. The van der Waals surface area contributed by atoms with E-state index in [0.717, 1.165) is 63.5 Å². The molecule has 0 N–H and O–H groups in total. The van der Waals surface area contributed by atoms with Crippen LogP contribution in [0.25, 0.3) is 0 Å². The Morgan fingerprint density at radius 3 is 2.50 bits per heavy atom. The van der Waals surface area contributed by atoms with E-state index in [2.05, 4.69) is 16.8 Å². The zero-order chi connectivity index (χ0) is 19.9. The number of esters is 1. The molecule has 2 atom stereocenters. The van der Waals surface area contributed by atoms with Crippen molar-refractivity contribution in [2.24, 2.45) is 0 Å². The Morgan fingerprint density at radius 1 is 1.18 bits per heavy atom. The van der Waals surface area contributed by atoms with E-state index in [1.54, 1.807) is 0 Å². The lowest BCUT2D eigenvalue weighted by Gasteiger charge is -2.34. The van der Waals surface area contributed by atoms with Gasteiger partial charge in [0.2, 0.25) is 0 Å². The van der Waals surface area contributed by atoms with E-state index in [1.807, 2.05) is 38.1 Å².